The first-order chi connectivity index (χ1) is 11.3. The first-order valence-corrected chi connectivity index (χ1v) is 7.07. The topological polar surface area (TPSA) is 47.6 Å². The largest absolute Gasteiger partial charge is 0.496 e. The number of alkyl carbamates (subject to hydrolysis) is 1. The Bertz CT molecular complexity index is 687. The first kappa shape index (κ1) is 22.2. The van der Waals surface area contributed by atoms with Crippen molar-refractivity contribution in [1.29, 1.82) is 0 Å². The summed E-state index contributed by atoms with van der Waals surface area (Å²) in [7, 11) is 0.966. The van der Waals surface area contributed by atoms with Gasteiger partial charge >= 0.3 is 18.4 Å². The van der Waals surface area contributed by atoms with Crippen molar-refractivity contribution in [2.75, 3.05) is 13.7 Å². The van der Waals surface area contributed by atoms with Crippen molar-refractivity contribution in [3.8, 4) is 5.75 Å². The van der Waals surface area contributed by atoms with Gasteiger partial charge in [0, 0.05) is 11.0 Å². The van der Waals surface area contributed by atoms with Crippen LogP contribution in [-0.2, 0) is 17.1 Å². The molecular formula is C15H16ClF6NO3. The number of cyclic esters (lactones) is 1. The summed E-state index contributed by atoms with van der Waals surface area (Å²) in [6.07, 6.45) is -11.0. The van der Waals surface area contributed by atoms with Crippen molar-refractivity contribution in [3.63, 3.8) is 0 Å². The van der Waals surface area contributed by atoms with E-state index < -0.39 is 52.3 Å². The second-order valence-corrected chi connectivity index (χ2v) is 6.28. The van der Waals surface area contributed by atoms with Crippen molar-refractivity contribution in [1.82, 2.24) is 5.32 Å². The van der Waals surface area contributed by atoms with Gasteiger partial charge in [0.2, 0.25) is 0 Å². The maximum Gasteiger partial charge on any atom is 0.416 e. The Kier molecular flexibility index (Phi) is 6.02. The molecule has 0 spiro atoms. The van der Waals surface area contributed by atoms with E-state index in [2.05, 4.69) is 5.32 Å². The van der Waals surface area contributed by atoms with Crippen LogP contribution in [-0.4, -0.2) is 19.8 Å². The number of alkyl halides is 6. The van der Waals surface area contributed by atoms with Crippen LogP contribution in [0.15, 0.2) is 12.1 Å². The van der Waals surface area contributed by atoms with Crippen LogP contribution in [0.1, 0.15) is 36.6 Å². The number of halogens is 7. The molecule has 1 fully saturated rings. The Morgan fingerprint density at radius 2 is 1.73 bits per heavy atom. The number of hydrogen-bond donors (Lipinski definition) is 1. The average Bonchev–Trinajstić information content (AvgIpc) is 2.46. The van der Waals surface area contributed by atoms with Crippen LogP contribution in [0.2, 0.25) is 0 Å². The zero-order chi connectivity index (χ0) is 19.2. The lowest BCUT2D eigenvalue weighted by atomic mass is 9.78. The molecule has 0 saturated carbocycles. The monoisotopic (exact) mass is 407 g/mol. The lowest BCUT2D eigenvalue weighted by Crippen LogP contribution is -2.47. The van der Waals surface area contributed by atoms with Gasteiger partial charge < -0.3 is 14.8 Å². The molecule has 0 unspecified atom stereocenters. The Balaban J connectivity index is 0.00000338. The average molecular weight is 408 g/mol. The molecule has 1 amide bonds. The summed E-state index contributed by atoms with van der Waals surface area (Å²) >= 11 is 0. The summed E-state index contributed by atoms with van der Waals surface area (Å²) in [6, 6.07) is -0.736. The maximum absolute atomic E-state index is 13.5. The van der Waals surface area contributed by atoms with Gasteiger partial charge in [-0.3, -0.25) is 0 Å². The highest BCUT2D eigenvalue weighted by Crippen LogP contribution is 2.48. The minimum absolute atomic E-state index is 0. The third-order valence-corrected chi connectivity index (χ3v) is 3.90. The van der Waals surface area contributed by atoms with Gasteiger partial charge in [0.25, 0.3) is 0 Å². The molecule has 2 rings (SSSR count). The van der Waals surface area contributed by atoms with Crippen LogP contribution < -0.4 is 10.1 Å². The number of methoxy groups -OCH3 is 1. The Morgan fingerprint density at radius 3 is 2.19 bits per heavy atom. The number of rotatable bonds is 2. The molecule has 148 valence electrons. The van der Waals surface area contributed by atoms with Crippen molar-refractivity contribution < 1.29 is 40.6 Å². The molecule has 11 heteroatoms. The number of nitrogens with one attached hydrogen (secondary N) is 1. The fraction of sp³-hybridized carbons (Fsp3) is 0.533. The molecule has 0 radical (unpaired) electrons. The summed E-state index contributed by atoms with van der Waals surface area (Å²) in [5.41, 5.74) is -4.58. The molecule has 1 heterocycles. The van der Waals surface area contributed by atoms with Gasteiger partial charge in [0.05, 0.1) is 24.3 Å². The highest BCUT2D eigenvalue weighted by atomic mass is 35.5. The standard InChI is InChI=1S/C15H15F6NO3.ClH/c1-13(2)6-25-12(23)22-11(13)10-8(15(19,20)21)4-7(14(16,17)18)5-9(10)24-3;/h4-5,11H,6H2,1-3H3,(H,22,23);1H/t11-;/m0./s1. The van der Waals surface area contributed by atoms with Crippen LogP contribution in [0.25, 0.3) is 0 Å². The normalized spacial score (nSPS) is 19.9. The second-order valence-electron chi connectivity index (χ2n) is 6.28. The number of hydrogen-bond acceptors (Lipinski definition) is 3. The predicted molar refractivity (Wildman–Crippen MR) is 81.3 cm³/mol. The number of amides is 1. The highest BCUT2D eigenvalue weighted by Gasteiger charge is 2.47. The van der Waals surface area contributed by atoms with Crippen molar-refractivity contribution >= 4 is 18.5 Å². The van der Waals surface area contributed by atoms with Crippen LogP contribution in [0, 0.1) is 5.41 Å². The third kappa shape index (κ3) is 4.28. The summed E-state index contributed by atoms with van der Waals surface area (Å²) in [6.45, 7) is 2.84. The number of carbonyl (C=O) groups excluding carboxylic acids is 1. The zero-order valence-corrected chi connectivity index (χ0v) is 14.7. The van der Waals surface area contributed by atoms with Gasteiger partial charge in [0.1, 0.15) is 12.4 Å². The Labute approximate surface area is 151 Å². The van der Waals surface area contributed by atoms with Gasteiger partial charge in [-0.15, -0.1) is 12.4 Å². The maximum atomic E-state index is 13.5. The van der Waals surface area contributed by atoms with E-state index in [0.29, 0.717) is 6.07 Å². The minimum Gasteiger partial charge on any atom is -0.496 e. The van der Waals surface area contributed by atoms with Gasteiger partial charge in [-0.25, -0.2) is 4.79 Å². The van der Waals surface area contributed by atoms with Crippen molar-refractivity contribution in [2.24, 2.45) is 5.41 Å². The predicted octanol–water partition coefficient (Wildman–Crippen LogP) is 4.96. The van der Waals surface area contributed by atoms with Crippen LogP contribution in [0.5, 0.6) is 5.75 Å². The van der Waals surface area contributed by atoms with E-state index in [-0.39, 0.29) is 25.1 Å². The fourth-order valence-electron chi connectivity index (χ4n) is 2.64. The summed E-state index contributed by atoms with van der Waals surface area (Å²) in [5.74, 6) is -0.609. The molecule has 1 aromatic rings. The number of ether oxygens (including phenoxy) is 2. The van der Waals surface area contributed by atoms with Crippen LogP contribution in [0.3, 0.4) is 0 Å². The Hall–Kier alpha value is -1.84. The third-order valence-electron chi connectivity index (χ3n) is 3.90. The second kappa shape index (κ2) is 7.05. The highest BCUT2D eigenvalue weighted by molar-refractivity contribution is 5.85. The van der Waals surface area contributed by atoms with Crippen LogP contribution >= 0.6 is 12.4 Å². The van der Waals surface area contributed by atoms with Gasteiger partial charge in [-0.1, -0.05) is 13.8 Å². The fourth-order valence-corrected chi connectivity index (χ4v) is 2.64. The van der Waals surface area contributed by atoms with E-state index in [1.165, 1.54) is 13.8 Å². The van der Waals surface area contributed by atoms with E-state index in [4.69, 9.17) is 9.47 Å². The molecule has 1 N–H and O–H groups in total. The lowest BCUT2D eigenvalue weighted by Gasteiger charge is -2.40. The van der Waals surface area contributed by atoms with E-state index in [1.807, 2.05) is 0 Å². The SMILES string of the molecule is COc1cc(C(F)(F)F)cc(C(F)(F)F)c1[C@@H]1NC(=O)OCC1(C)C.Cl. The van der Waals surface area contributed by atoms with Gasteiger partial charge in [-0.05, 0) is 12.1 Å². The zero-order valence-electron chi connectivity index (χ0n) is 13.8. The van der Waals surface area contributed by atoms with Crippen LogP contribution in [0.4, 0.5) is 31.1 Å². The summed E-state index contributed by atoms with van der Waals surface area (Å²) in [5, 5.41) is 2.25. The molecule has 1 aliphatic heterocycles. The minimum atomic E-state index is -5.08. The molecule has 26 heavy (non-hydrogen) atoms. The molecule has 0 aliphatic carbocycles. The molecule has 4 nitrogen and oxygen atoms in total. The van der Waals surface area contributed by atoms with E-state index in [9.17, 15) is 31.1 Å². The van der Waals surface area contributed by atoms with Gasteiger partial charge in [-0.2, -0.15) is 26.3 Å². The smallest absolute Gasteiger partial charge is 0.416 e. The molecular weight excluding hydrogens is 392 g/mol. The van der Waals surface area contributed by atoms with Crippen molar-refractivity contribution in [2.45, 2.75) is 32.2 Å². The summed E-state index contributed by atoms with van der Waals surface area (Å²) < 4.78 is 88.8. The van der Waals surface area contributed by atoms with Gasteiger partial charge in [0.15, 0.2) is 0 Å². The van der Waals surface area contributed by atoms with E-state index >= 15 is 0 Å². The lowest BCUT2D eigenvalue weighted by molar-refractivity contribution is -0.144. The number of benzene rings is 1. The van der Waals surface area contributed by atoms with E-state index in [0.717, 1.165) is 7.11 Å². The first-order valence-electron chi connectivity index (χ1n) is 7.07. The summed E-state index contributed by atoms with van der Waals surface area (Å²) in [4.78, 5) is 11.5. The Morgan fingerprint density at radius 1 is 1.15 bits per heavy atom. The molecule has 1 aliphatic rings. The van der Waals surface area contributed by atoms with E-state index in [1.54, 1.807) is 0 Å². The molecule has 1 saturated heterocycles. The molecule has 0 bridgehead atoms. The molecule has 1 aromatic carbocycles. The quantitative estimate of drug-likeness (QED) is 0.705. The molecule has 1 atom stereocenters. The number of carbonyl (C=O) groups is 1. The van der Waals surface area contributed by atoms with Crippen molar-refractivity contribution in [3.05, 3.63) is 28.8 Å². The molecule has 0 aromatic heterocycles.